The lowest BCUT2D eigenvalue weighted by molar-refractivity contribution is -0.128. The third-order valence-electron chi connectivity index (χ3n) is 2.24. The second kappa shape index (κ2) is 6.04. The van der Waals surface area contributed by atoms with E-state index in [2.05, 4.69) is 21.0 Å². The molecule has 1 aromatic heterocycles. The van der Waals surface area contributed by atoms with Crippen molar-refractivity contribution in [3.8, 4) is 5.75 Å². The summed E-state index contributed by atoms with van der Waals surface area (Å²) < 4.78 is 7.45. The van der Waals surface area contributed by atoms with Crippen LogP contribution in [0.1, 0.15) is 5.56 Å². The number of carbonyl (C=O) groups is 1. The molecule has 0 bridgehead atoms. The fourth-order valence-corrected chi connectivity index (χ4v) is 2.15. The van der Waals surface area contributed by atoms with Gasteiger partial charge in [-0.1, -0.05) is 11.6 Å². The molecule has 0 unspecified atom stereocenters. The van der Waals surface area contributed by atoms with Crippen LogP contribution in [0.4, 0.5) is 0 Å². The normalized spacial score (nSPS) is 10.9. The van der Waals surface area contributed by atoms with Crippen molar-refractivity contribution in [3.63, 3.8) is 0 Å². The third kappa shape index (κ3) is 3.94. The van der Waals surface area contributed by atoms with Gasteiger partial charge in [0.15, 0.2) is 0 Å². The minimum Gasteiger partial charge on any atom is -0.422 e. The highest BCUT2D eigenvalue weighted by molar-refractivity contribution is 9.10. The number of nitrogens with zero attached hydrogens (tertiary/aromatic N) is 2. The van der Waals surface area contributed by atoms with Crippen molar-refractivity contribution < 1.29 is 9.53 Å². The summed E-state index contributed by atoms with van der Waals surface area (Å²) in [5, 5.41) is 4.56. The lowest BCUT2D eigenvalue weighted by Crippen LogP contribution is -2.03. The molecule has 0 radical (unpaired) electrons. The molecule has 2 aromatic rings. The summed E-state index contributed by atoms with van der Waals surface area (Å²) >= 11 is 9.08. The van der Waals surface area contributed by atoms with E-state index in [0.717, 1.165) is 5.56 Å². The molecule has 0 saturated heterocycles. The lowest BCUT2D eigenvalue weighted by atomic mass is 10.3. The van der Waals surface area contributed by atoms with Gasteiger partial charge in [-0.3, -0.25) is 4.68 Å². The van der Waals surface area contributed by atoms with E-state index in [-0.39, 0.29) is 0 Å². The Balaban J connectivity index is 2.03. The molecule has 0 aliphatic heterocycles. The van der Waals surface area contributed by atoms with Crippen LogP contribution < -0.4 is 4.74 Å². The molecule has 0 aliphatic carbocycles. The highest BCUT2D eigenvalue weighted by atomic mass is 79.9. The summed E-state index contributed by atoms with van der Waals surface area (Å²) in [6.07, 6.45) is 6.43. The maximum atomic E-state index is 11.6. The summed E-state index contributed by atoms with van der Waals surface area (Å²) in [6, 6.07) is 4.94. The highest BCUT2D eigenvalue weighted by Crippen LogP contribution is 2.28. The molecule has 98 valence electrons. The second-order valence-electron chi connectivity index (χ2n) is 3.78. The average Bonchev–Trinajstić information content (AvgIpc) is 2.76. The van der Waals surface area contributed by atoms with Crippen molar-refractivity contribution >= 4 is 39.6 Å². The van der Waals surface area contributed by atoms with Gasteiger partial charge in [0, 0.05) is 29.9 Å². The monoisotopic (exact) mass is 340 g/mol. The minimum atomic E-state index is -0.466. The van der Waals surface area contributed by atoms with Gasteiger partial charge in [0.1, 0.15) is 5.75 Å². The molecule has 0 atom stereocenters. The Morgan fingerprint density at radius 2 is 2.32 bits per heavy atom. The van der Waals surface area contributed by atoms with E-state index in [1.165, 1.54) is 6.08 Å². The third-order valence-corrected chi connectivity index (χ3v) is 3.10. The molecule has 1 aromatic carbocycles. The zero-order chi connectivity index (χ0) is 13.8. The quantitative estimate of drug-likeness (QED) is 0.488. The smallest absolute Gasteiger partial charge is 0.336 e. The Labute approximate surface area is 123 Å². The van der Waals surface area contributed by atoms with Crippen molar-refractivity contribution in [2.75, 3.05) is 0 Å². The highest BCUT2D eigenvalue weighted by Gasteiger charge is 2.05. The number of hydrogen-bond donors (Lipinski definition) is 0. The number of aryl methyl sites for hydroxylation is 1. The Morgan fingerprint density at radius 1 is 1.53 bits per heavy atom. The topological polar surface area (TPSA) is 44.1 Å². The molecule has 0 amide bonds. The van der Waals surface area contributed by atoms with Crippen molar-refractivity contribution in [1.82, 2.24) is 9.78 Å². The zero-order valence-corrected chi connectivity index (χ0v) is 12.4. The van der Waals surface area contributed by atoms with Crippen molar-refractivity contribution in [2.45, 2.75) is 0 Å². The van der Waals surface area contributed by atoms with E-state index in [4.69, 9.17) is 16.3 Å². The average molecular weight is 342 g/mol. The van der Waals surface area contributed by atoms with Crippen LogP contribution in [0.3, 0.4) is 0 Å². The molecular formula is C13H10BrClN2O2. The first-order valence-corrected chi connectivity index (χ1v) is 6.55. The van der Waals surface area contributed by atoms with Gasteiger partial charge in [-0.05, 0) is 40.2 Å². The van der Waals surface area contributed by atoms with E-state index in [1.807, 2.05) is 0 Å². The number of benzene rings is 1. The fourth-order valence-electron chi connectivity index (χ4n) is 1.39. The second-order valence-corrected chi connectivity index (χ2v) is 5.07. The van der Waals surface area contributed by atoms with E-state index in [1.54, 1.807) is 48.4 Å². The predicted octanol–water partition coefficient (Wildman–Crippen LogP) is 3.45. The van der Waals surface area contributed by atoms with Crippen LogP contribution >= 0.6 is 27.5 Å². The molecular weight excluding hydrogens is 332 g/mol. The lowest BCUT2D eigenvalue weighted by Gasteiger charge is -2.03. The molecule has 19 heavy (non-hydrogen) atoms. The van der Waals surface area contributed by atoms with Gasteiger partial charge < -0.3 is 4.74 Å². The van der Waals surface area contributed by atoms with Crippen LogP contribution in [0.5, 0.6) is 5.75 Å². The fraction of sp³-hybridized carbons (Fsp3) is 0.0769. The minimum absolute atomic E-state index is 0.422. The Hall–Kier alpha value is -1.59. The van der Waals surface area contributed by atoms with Crippen molar-refractivity contribution in [2.24, 2.45) is 7.05 Å². The number of hydrogen-bond acceptors (Lipinski definition) is 3. The maximum absolute atomic E-state index is 11.6. The molecule has 0 saturated carbocycles. The molecule has 1 heterocycles. The SMILES string of the molecule is Cn1cc(/C=C/C(=O)Oc2ccc(Cl)cc2Br)cn1. The number of esters is 1. The number of halogens is 2. The van der Waals surface area contributed by atoms with Gasteiger partial charge in [-0.2, -0.15) is 5.10 Å². The molecule has 4 nitrogen and oxygen atoms in total. The van der Waals surface area contributed by atoms with Gasteiger partial charge >= 0.3 is 5.97 Å². The van der Waals surface area contributed by atoms with Crippen LogP contribution in [-0.4, -0.2) is 15.7 Å². The first-order valence-electron chi connectivity index (χ1n) is 5.38. The van der Waals surface area contributed by atoms with Crippen LogP contribution in [0.25, 0.3) is 6.08 Å². The zero-order valence-electron chi connectivity index (χ0n) is 10.0. The van der Waals surface area contributed by atoms with Crippen LogP contribution in [0.15, 0.2) is 41.1 Å². The van der Waals surface area contributed by atoms with Gasteiger partial charge in [-0.25, -0.2) is 4.79 Å². The maximum Gasteiger partial charge on any atom is 0.336 e. The Morgan fingerprint density at radius 3 is 2.95 bits per heavy atom. The molecule has 0 N–H and O–H groups in total. The predicted molar refractivity (Wildman–Crippen MR) is 77.0 cm³/mol. The molecule has 0 fully saturated rings. The standard InChI is InChI=1S/C13H10BrClN2O2/c1-17-8-9(7-16-17)2-5-13(18)19-12-4-3-10(15)6-11(12)14/h2-8H,1H3/b5-2+. The van der Waals surface area contributed by atoms with Crippen LogP contribution in [-0.2, 0) is 11.8 Å². The number of ether oxygens (including phenoxy) is 1. The number of rotatable bonds is 3. The molecule has 0 spiro atoms. The summed E-state index contributed by atoms with van der Waals surface area (Å²) in [7, 11) is 1.81. The van der Waals surface area contributed by atoms with Gasteiger partial charge in [0.05, 0.1) is 10.7 Å². The van der Waals surface area contributed by atoms with E-state index < -0.39 is 5.97 Å². The van der Waals surface area contributed by atoms with Crippen LogP contribution in [0, 0.1) is 0 Å². The number of aromatic nitrogens is 2. The van der Waals surface area contributed by atoms with E-state index in [9.17, 15) is 4.79 Å². The summed E-state index contributed by atoms with van der Waals surface area (Å²) in [4.78, 5) is 11.6. The van der Waals surface area contributed by atoms with Gasteiger partial charge in [0.25, 0.3) is 0 Å². The van der Waals surface area contributed by atoms with Gasteiger partial charge in [-0.15, -0.1) is 0 Å². The summed E-state index contributed by atoms with van der Waals surface area (Å²) in [5.74, 6) is -0.0443. The Bertz CT molecular complexity index is 637. The number of carbonyl (C=O) groups excluding carboxylic acids is 1. The summed E-state index contributed by atoms with van der Waals surface area (Å²) in [6.45, 7) is 0. The van der Waals surface area contributed by atoms with Crippen LogP contribution in [0.2, 0.25) is 5.02 Å². The first kappa shape index (κ1) is 13.8. The molecule has 2 rings (SSSR count). The van der Waals surface area contributed by atoms with E-state index >= 15 is 0 Å². The largest absolute Gasteiger partial charge is 0.422 e. The van der Waals surface area contributed by atoms with E-state index in [0.29, 0.717) is 15.2 Å². The summed E-state index contributed by atoms with van der Waals surface area (Å²) in [5.41, 5.74) is 0.828. The molecule has 6 heteroatoms. The van der Waals surface area contributed by atoms with Gasteiger partial charge in [0.2, 0.25) is 0 Å². The van der Waals surface area contributed by atoms with Crippen molar-refractivity contribution in [1.29, 1.82) is 0 Å². The first-order chi connectivity index (χ1) is 9.04. The van der Waals surface area contributed by atoms with Crippen molar-refractivity contribution in [3.05, 3.63) is 51.7 Å². The Kier molecular flexibility index (Phi) is 4.39. The molecule has 0 aliphatic rings.